The van der Waals surface area contributed by atoms with Crippen molar-refractivity contribution in [2.45, 2.75) is 107 Å². The Morgan fingerprint density at radius 2 is 1.36 bits per heavy atom. The Morgan fingerprint density at radius 1 is 0.795 bits per heavy atom. The first-order valence-corrected chi connectivity index (χ1v) is 15.6. The third-order valence-corrected chi connectivity index (χ3v) is 9.12. The van der Waals surface area contributed by atoms with Gasteiger partial charge < -0.3 is 15.3 Å². The molecule has 3 unspecified atom stereocenters. The summed E-state index contributed by atoms with van der Waals surface area (Å²) in [6, 6.07) is 0. The van der Waals surface area contributed by atoms with Crippen molar-refractivity contribution in [1.29, 1.82) is 0 Å². The van der Waals surface area contributed by atoms with E-state index in [1.165, 1.54) is 11.6 Å². The normalized spacial score (nSPS) is 27.0. The highest BCUT2D eigenvalue weighted by Crippen LogP contribution is 2.53. The molecule has 2 aliphatic rings. The Kier molecular flexibility index (Phi) is 13.0. The lowest BCUT2D eigenvalue weighted by Crippen LogP contribution is -2.36. The van der Waals surface area contributed by atoms with Crippen LogP contribution in [0.4, 0.5) is 0 Å². The van der Waals surface area contributed by atoms with Crippen LogP contribution < -0.4 is 0 Å². The molecule has 0 amide bonds. The third-order valence-electron chi connectivity index (χ3n) is 9.12. The zero-order chi connectivity index (χ0) is 33.3. The minimum Gasteiger partial charge on any atom is -0.508 e. The predicted molar refractivity (Wildman–Crippen MR) is 185 cm³/mol. The van der Waals surface area contributed by atoms with Crippen LogP contribution in [-0.4, -0.2) is 33.3 Å². The molecule has 0 aliphatic heterocycles. The minimum absolute atomic E-state index is 0.0493. The Labute approximate surface area is 266 Å². The van der Waals surface area contributed by atoms with Crippen LogP contribution in [0.15, 0.2) is 106 Å². The largest absolute Gasteiger partial charge is 0.508 e. The van der Waals surface area contributed by atoms with E-state index < -0.39 is 11.5 Å². The van der Waals surface area contributed by atoms with Gasteiger partial charge in [-0.3, -0.25) is 4.79 Å². The summed E-state index contributed by atoms with van der Waals surface area (Å²) in [5.74, 6) is 6.43. The molecule has 0 aromatic carbocycles. The van der Waals surface area contributed by atoms with Crippen molar-refractivity contribution in [2.24, 2.45) is 16.2 Å². The lowest BCUT2D eigenvalue weighted by atomic mass is 9.66. The van der Waals surface area contributed by atoms with Crippen molar-refractivity contribution in [3.8, 4) is 11.8 Å². The summed E-state index contributed by atoms with van der Waals surface area (Å²) in [5.41, 5.74) is 4.93. The lowest BCUT2D eigenvalue weighted by molar-refractivity contribution is -0.127. The predicted octanol–water partition coefficient (Wildman–Crippen LogP) is 9.14. The second-order valence-electron chi connectivity index (χ2n) is 14.1. The van der Waals surface area contributed by atoms with Crippen molar-refractivity contribution < 1.29 is 20.1 Å². The van der Waals surface area contributed by atoms with E-state index in [1.54, 1.807) is 13.0 Å². The number of aliphatic hydroxyl groups is 3. The summed E-state index contributed by atoms with van der Waals surface area (Å²) in [6.07, 6.45) is 22.6. The molecule has 0 radical (unpaired) electrons. The summed E-state index contributed by atoms with van der Waals surface area (Å²) in [6.45, 7) is 20.1. The first-order valence-electron chi connectivity index (χ1n) is 15.6. The van der Waals surface area contributed by atoms with Crippen LogP contribution in [-0.2, 0) is 4.79 Å². The maximum absolute atomic E-state index is 13.0. The molecule has 0 spiro atoms. The second kappa shape index (κ2) is 15.6. The van der Waals surface area contributed by atoms with E-state index in [2.05, 4.69) is 32.6 Å². The molecule has 0 heterocycles. The number of ketones is 1. The van der Waals surface area contributed by atoms with Gasteiger partial charge in [-0.05, 0) is 76.9 Å². The fraction of sp³-hybridized carbons (Fsp3) is 0.475. The molecule has 1 fully saturated rings. The molecule has 1 saturated carbocycles. The highest BCUT2D eigenvalue weighted by atomic mass is 16.3. The first kappa shape index (κ1) is 36.8. The number of hydrogen-bond donors (Lipinski definition) is 3. The maximum Gasteiger partial charge on any atom is 0.165 e. The van der Waals surface area contributed by atoms with E-state index in [0.717, 1.165) is 28.7 Å². The molecule has 2 rings (SSSR count). The van der Waals surface area contributed by atoms with Crippen LogP contribution in [0.25, 0.3) is 0 Å². The molecule has 0 bridgehead atoms. The Morgan fingerprint density at radius 3 is 1.89 bits per heavy atom. The number of carbonyl (C=O) groups is 1. The zero-order valence-electron chi connectivity index (χ0n) is 28.6. The molecule has 0 saturated heterocycles. The van der Waals surface area contributed by atoms with Gasteiger partial charge in [0.05, 0.1) is 12.2 Å². The fourth-order valence-corrected chi connectivity index (χ4v) is 6.04. The van der Waals surface area contributed by atoms with Gasteiger partial charge in [0.2, 0.25) is 0 Å². The fourth-order valence-electron chi connectivity index (χ4n) is 6.04. The highest BCUT2D eigenvalue weighted by molar-refractivity contribution is 5.96. The SMILES string of the molecule is CC1=C(C#C/C(C)=C/C=C/C(C)=C/C=C/C=C(C)/C=C/C=C(C)/C(O)=C/C(=O)C2(C)CC(O)CC2(C)C)C(C)(C)CC(O)C1. The number of rotatable bonds is 9. The van der Waals surface area contributed by atoms with Gasteiger partial charge >= 0.3 is 0 Å². The molecule has 2 aliphatic carbocycles. The van der Waals surface area contributed by atoms with E-state index >= 15 is 0 Å². The number of carbonyl (C=O) groups excluding carboxylic acids is 1. The van der Waals surface area contributed by atoms with E-state index in [9.17, 15) is 20.1 Å². The number of hydrogen-bond acceptors (Lipinski definition) is 4. The van der Waals surface area contributed by atoms with Crippen LogP contribution in [0.2, 0.25) is 0 Å². The van der Waals surface area contributed by atoms with Gasteiger partial charge in [-0.25, -0.2) is 0 Å². The van der Waals surface area contributed by atoms with Gasteiger partial charge in [0.1, 0.15) is 5.76 Å². The van der Waals surface area contributed by atoms with Crippen LogP contribution in [0.3, 0.4) is 0 Å². The quantitative estimate of drug-likeness (QED) is 0.107. The average molecular weight is 599 g/mol. The first-order chi connectivity index (χ1) is 20.4. The highest BCUT2D eigenvalue weighted by Gasteiger charge is 2.53. The number of allylic oxidation sites excluding steroid dienone is 16. The molecule has 4 nitrogen and oxygen atoms in total. The van der Waals surface area contributed by atoms with Gasteiger partial charge in [-0.15, -0.1) is 0 Å². The van der Waals surface area contributed by atoms with E-state index in [1.807, 2.05) is 96.2 Å². The molecule has 0 aromatic rings. The Hall–Kier alpha value is -3.39. The molecule has 0 aromatic heterocycles. The molecule has 3 atom stereocenters. The van der Waals surface area contributed by atoms with Gasteiger partial charge in [0.25, 0.3) is 0 Å². The van der Waals surface area contributed by atoms with E-state index in [-0.39, 0.29) is 28.5 Å². The molecule has 44 heavy (non-hydrogen) atoms. The third kappa shape index (κ3) is 10.4. The minimum atomic E-state index is -0.703. The van der Waals surface area contributed by atoms with Crippen molar-refractivity contribution in [3.63, 3.8) is 0 Å². The van der Waals surface area contributed by atoms with Crippen LogP contribution in [0.5, 0.6) is 0 Å². The van der Waals surface area contributed by atoms with Crippen molar-refractivity contribution in [3.05, 3.63) is 106 Å². The average Bonchev–Trinajstić information content (AvgIpc) is 3.11. The van der Waals surface area contributed by atoms with E-state index in [4.69, 9.17) is 0 Å². The topological polar surface area (TPSA) is 77.8 Å². The molecule has 4 heteroatoms. The van der Waals surface area contributed by atoms with E-state index in [0.29, 0.717) is 24.8 Å². The summed E-state index contributed by atoms with van der Waals surface area (Å²) in [5, 5.41) is 30.7. The number of aliphatic hydroxyl groups excluding tert-OH is 3. The maximum atomic E-state index is 13.0. The van der Waals surface area contributed by atoms with Crippen molar-refractivity contribution >= 4 is 5.78 Å². The smallest absolute Gasteiger partial charge is 0.165 e. The second-order valence-corrected chi connectivity index (χ2v) is 14.1. The standard InChI is InChI=1S/C40H54O4/c1-28(17-13-18-30(3)21-22-35-32(5)23-33(41)25-38(35,6)7)15-11-12-16-29(2)19-14-20-31(4)36(43)24-37(44)40(10)27-34(42)26-39(40,8)9/h11-20,24,33-34,41-43H,23,25-27H2,1-10H3/b12-11+,17-13+,19-14+,28-15+,29-16+,30-18+,31-20+,36-24-. The Balaban J connectivity index is 1.95. The van der Waals surface area contributed by atoms with Gasteiger partial charge in [-0.2, -0.15) is 0 Å². The Bertz CT molecular complexity index is 1420. The summed E-state index contributed by atoms with van der Waals surface area (Å²) >= 11 is 0. The summed E-state index contributed by atoms with van der Waals surface area (Å²) in [7, 11) is 0. The van der Waals surface area contributed by atoms with Crippen LogP contribution in [0, 0.1) is 28.1 Å². The molecular formula is C40H54O4. The zero-order valence-corrected chi connectivity index (χ0v) is 28.6. The monoisotopic (exact) mass is 598 g/mol. The van der Waals surface area contributed by atoms with Gasteiger partial charge in [0, 0.05) is 22.5 Å². The summed E-state index contributed by atoms with van der Waals surface area (Å²) in [4.78, 5) is 13.0. The molecular weight excluding hydrogens is 544 g/mol. The van der Waals surface area contributed by atoms with Crippen molar-refractivity contribution in [2.75, 3.05) is 0 Å². The molecule has 3 N–H and O–H groups in total. The van der Waals surface area contributed by atoms with Crippen LogP contribution >= 0.6 is 0 Å². The van der Waals surface area contributed by atoms with Crippen molar-refractivity contribution in [1.82, 2.24) is 0 Å². The molecule has 238 valence electrons. The lowest BCUT2D eigenvalue weighted by Gasteiger charge is -2.35. The summed E-state index contributed by atoms with van der Waals surface area (Å²) < 4.78 is 0. The van der Waals surface area contributed by atoms with Crippen LogP contribution in [0.1, 0.15) is 94.9 Å². The van der Waals surface area contributed by atoms with Gasteiger partial charge in [0.15, 0.2) is 5.78 Å². The van der Waals surface area contributed by atoms with Gasteiger partial charge in [-0.1, -0.05) is 124 Å².